The zero-order valence-corrected chi connectivity index (χ0v) is 29.7. The summed E-state index contributed by atoms with van der Waals surface area (Å²) in [7, 11) is 0. The number of hydrogen-bond donors (Lipinski definition) is 0. The van der Waals surface area contributed by atoms with E-state index in [0.29, 0.717) is 0 Å². The lowest BCUT2D eigenvalue weighted by Crippen LogP contribution is -2.10. The van der Waals surface area contributed by atoms with Crippen molar-refractivity contribution in [1.82, 2.24) is 0 Å². The van der Waals surface area contributed by atoms with Crippen molar-refractivity contribution in [2.24, 2.45) is 0 Å². The SMILES string of the molecule is c1ccc(-c2ccc3c(c2)c(N(c2ccc4c(ccc5cc6oc7ccccc7c6cc54)c2)c2ccc4oc5ccccc5c4c2)cc2ccccc23)cc1. The maximum atomic E-state index is 6.32. The van der Waals surface area contributed by atoms with Gasteiger partial charge in [-0.3, -0.25) is 0 Å². The minimum absolute atomic E-state index is 0.877. The van der Waals surface area contributed by atoms with E-state index in [4.69, 9.17) is 8.83 Å². The Morgan fingerprint density at radius 3 is 1.67 bits per heavy atom. The Kier molecular flexibility index (Phi) is 6.34. The zero-order valence-electron chi connectivity index (χ0n) is 29.7. The standard InChI is InChI=1S/C52H31NO2/c1-2-10-32(11-3-1)33-20-23-41-39-13-5-4-12-34(39)28-48(45(41)27-33)53(38-22-25-51-46(30-38)42-14-6-8-16-49(42)54-51)37-21-24-40-35(26-37)18-19-36-29-52-47(31-44(36)40)43-15-7-9-17-50(43)55-52/h1-31H. The van der Waals surface area contributed by atoms with E-state index >= 15 is 0 Å². The molecular formula is C52H31NO2. The van der Waals surface area contributed by atoms with Crippen LogP contribution in [0.4, 0.5) is 17.1 Å². The molecule has 0 aliphatic carbocycles. The molecule has 3 heteroatoms. The van der Waals surface area contributed by atoms with Crippen LogP contribution < -0.4 is 4.90 Å². The Balaban J connectivity index is 1.14. The summed E-state index contributed by atoms with van der Waals surface area (Å²) in [5.41, 5.74) is 9.23. The molecule has 0 bridgehead atoms. The Morgan fingerprint density at radius 1 is 0.273 bits per heavy atom. The number of nitrogens with zero attached hydrogens (tertiary/aromatic N) is 1. The highest BCUT2D eigenvalue weighted by Crippen LogP contribution is 2.46. The van der Waals surface area contributed by atoms with Crippen LogP contribution in [0.2, 0.25) is 0 Å². The molecule has 0 fully saturated rings. The molecule has 10 aromatic carbocycles. The molecule has 0 atom stereocenters. The molecule has 55 heavy (non-hydrogen) atoms. The third-order valence-electron chi connectivity index (χ3n) is 11.4. The zero-order chi connectivity index (χ0) is 36.0. The quantitative estimate of drug-likeness (QED) is 0.171. The molecule has 2 aromatic heterocycles. The number of anilines is 3. The van der Waals surface area contributed by atoms with Gasteiger partial charge in [-0.15, -0.1) is 0 Å². The summed E-state index contributed by atoms with van der Waals surface area (Å²) in [5, 5.41) is 14.1. The first-order valence-electron chi connectivity index (χ1n) is 18.7. The molecule has 0 unspecified atom stereocenters. The maximum absolute atomic E-state index is 6.32. The van der Waals surface area contributed by atoms with Gasteiger partial charge in [-0.05, 0) is 116 Å². The van der Waals surface area contributed by atoms with Crippen LogP contribution in [0, 0.1) is 0 Å². The van der Waals surface area contributed by atoms with Crippen molar-refractivity contribution < 1.29 is 8.83 Å². The number of furan rings is 2. The van der Waals surface area contributed by atoms with Crippen LogP contribution in [0.5, 0.6) is 0 Å². The van der Waals surface area contributed by atoms with Gasteiger partial charge in [0.1, 0.15) is 22.3 Å². The molecule has 0 saturated carbocycles. The fraction of sp³-hybridized carbons (Fsp3) is 0. The second kappa shape index (κ2) is 11.6. The highest BCUT2D eigenvalue weighted by Gasteiger charge is 2.21. The monoisotopic (exact) mass is 701 g/mol. The number of hydrogen-bond acceptors (Lipinski definition) is 3. The first-order valence-corrected chi connectivity index (χ1v) is 18.7. The average Bonchev–Trinajstić information content (AvgIpc) is 3.80. The van der Waals surface area contributed by atoms with Crippen LogP contribution >= 0.6 is 0 Å². The largest absolute Gasteiger partial charge is 0.456 e. The average molecular weight is 702 g/mol. The summed E-state index contributed by atoms with van der Waals surface area (Å²) in [6.07, 6.45) is 0. The van der Waals surface area contributed by atoms with Gasteiger partial charge in [0.25, 0.3) is 0 Å². The molecule has 12 aromatic rings. The number of benzene rings is 10. The fourth-order valence-corrected chi connectivity index (χ4v) is 8.77. The van der Waals surface area contributed by atoms with Gasteiger partial charge in [0.2, 0.25) is 0 Å². The Morgan fingerprint density at radius 2 is 0.855 bits per heavy atom. The van der Waals surface area contributed by atoms with Crippen molar-refractivity contribution in [3.63, 3.8) is 0 Å². The summed E-state index contributed by atoms with van der Waals surface area (Å²) in [4.78, 5) is 2.43. The lowest BCUT2D eigenvalue weighted by molar-refractivity contribution is 0.668. The van der Waals surface area contributed by atoms with Gasteiger partial charge in [-0.25, -0.2) is 0 Å². The molecule has 0 N–H and O–H groups in total. The van der Waals surface area contributed by atoms with Crippen molar-refractivity contribution in [1.29, 1.82) is 0 Å². The first-order chi connectivity index (χ1) is 27.2. The molecule has 256 valence electrons. The summed E-state index contributed by atoms with van der Waals surface area (Å²) in [5.74, 6) is 0. The predicted octanol–water partition coefficient (Wildman–Crippen LogP) is 15.2. The van der Waals surface area contributed by atoms with Crippen molar-refractivity contribution >= 4 is 104 Å². The van der Waals surface area contributed by atoms with Crippen LogP contribution in [0.25, 0.3) is 98.1 Å². The molecule has 0 radical (unpaired) electrons. The van der Waals surface area contributed by atoms with Gasteiger partial charge in [0.05, 0.1) is 5.69 Å². The van der Waals surface area contributed by atoms with E-state index in [2.05, 4.69) is 169 Å². The minimum Gasteiger partial charge on any atom is -0.456 e. The van der Waals surface area contributed by atoms with Gasteiger partial charge < -0.3 is 13.7 Å². The van der Waals surface area contributed by atoms with Crippen LogP contribution in [0.15, 0.2) is 197 Å². The van der Waals surface area contributed by atoms with Crippen molar-refractivity contribution in [2.75, 3.05) is 4.90 Å². The summed E-state index contributed by atoms with van der Waals surface area (Å²) < 4.78 is 12.6. The lowest BCUT2D eigenvalue weighted by Gasteiger charge is -2.28. The van der Waals surface area contributed by atoms with Gasteiger partial charge in [-0.2, -0.15) is 0 Å². The molecule has 0 spiro atoms. The smallest absolute Gasteiger partial charge is 0.136 e. The van der Waals surface area contributed by atoms with E-state index in [0.717, 1.165) is 66.3 Å². The summed E-state index contributed by atoms with van der Waals surface area (Å²) >= 11 is 0. The van der Waals surface area contributed by atoms with Crippen LogP contribution in [0.3, 0.4) is 0 Å². The Labute approximate surface area is 315 Å². The second-order valence-electron chi connectivity index (χ2n) is 14.5. The third kappa shape index (κ3) is 4.63. The highest BCUT2D eigenvalue weighted by atomic mass is 16.3. The van der Waals surface area contributed by atoms with E-state index in [1.165, 1.54) is 48.8 Å². The van der Waals surface area contributed by atoms with E-state index in [1.54, 1.807) is 0 Å². The van der Waals surface area contributed by atoms with Crippen LogP contribution in [-0.4, -0.2) is 0 Å². The van der Waals surface area contributed by atoms with Gasteiger partial charge in [0.15, 0.2) is 0 Å². The topological polar surface area (TPSA) is 29.5 Å². The fourth-order valence-electron chi connectivity index (χ4n) is 8.77. The van der Waals surface area contributed by atoms with Crippen molar-refractivity contribution in [2.45, 2.75) is 0 Å². The van der Waals surface area contributed by atoms with E-state index in [1.807, 2.05) is 24.3 Å². The van der Waals surface area contributed by atoms with Crippen LogP contribution in [-0.2, 0) is 0 Å². The van der Waals surface area contributed by atoms with Crippen molar-refractivity contribution in [3.05, 3.63) is 188 Å². The Bertz CT molecular complexity index is 3500. The molecule has 0 saturated heterocycles. The predicted molar refractivity (Wildman–Crippen MR) is 231 cm³/mol. The van der Waals surface area contributed by atoms with Crippen LogP contribution in [0.1, 0.15) is 0 Å². The molecule has 0 aliphatic rings. The molecular weight excluding hydrogens is 671 g/mol. The van der Waals surface area contributed by atoms with E-state index < -0.39 is 0 Å². The summed E-state index contributed by atoms with van der Waals surface area (Å²) in [6.45, 7) is 0. The molecule has 2 heterocycles. The lowest BCUT2D eigenvalue weighted by atomic mass is 9.95. The molecule has 12 rings (SSSR count). The maximum Gasteiger partial charge on any atom is 0.136 e. The second-order valence-corrected chi connectivity index (χ2v) is 14.5. The summed E-state index contributed by atoms with van der Waals surface area (Å²) in [6, 6.07) is 67.7. The first kappa shape index (κ1) is 30.1. The Hall–Kier alpha value is -7.36. The van der Waals surface area contributed by atoms with E-state index in [9.17, 15) is 0 Å². The van der Waals surface area contributed by atoms with Gasteiger partial charge >= 0.3 is 0 Å². The van der Waals surface area contributed by atoms with Crippen molar-refractivity contribution in [3.8, 4) is 11.1 Å². The number of rotatable bonds is 4. The third-order valence-corrected chi connectivity index (χ3v) is 11.4. The molecule has 0 amide bonds. The minimum atomic E-state index is 0.877. The number of para-hydroxylation sites is 2. The highest BCUT2D eigenvalue weighted by molar-refractivity contribution is 6.19. The van der Waals surface area contributed by atoms with E-state index in [-0.39, 0.29) is 0 Å². The normalized spacial score (nSPS) is 12.0. The molecule has 3 nitrogen and oxygen atoms in total. The number of fused-ring (bicyclic) bond motifs is 12. The molecule has 0 aliphatic heterocycles. The van der Waals surface area contributed by atoms with Gasteiger partial charge in [-0.1, -0.05) is 121 Å². The van der Waals surface area contributed by atoms with Gasteiger partial charge in [0, 0.05) is 38.3 Å².